The summed E-state index contributed by atoms with van der Waals surface area (Å²) >= 11 is 5.88. The Labute approximate surface area is 120 Å². The number of nitro groups is 1. The lowest BCUT2D eigenvalue weighted by atomic mass is 10.1. The molecule has 0 radical (unpaired) electrons. The molecule has 0 heterocycles. The predicted octanol–water partition coefficient (Wildman–Crippen LogP) is 1.97. The highest BCUT2D eigenvalue weighted by atomic mass is 35.5. The van der Waals surface area contributed by atoms with E-state index in [1.54, 1.807) is 6.92 Å². The quantitative estimate of drug-likeness (QED) is 0.473. The first-order chi connectivity index (χ1) is 9.27. The van der Waals surface area contributed by atoms with Gasteiger partial charge in [0.2, 0.25) is 0 Å². The van der Waals surface area contributed by atoms with Crippen LogP contribution in [0.5, 0.6) is 0 Å². The Bertz CT molecular complexity index is 519. The minimum atomic E-state index is -1.72. The molecule has 0 saturated carbocycles. The van der Waals surface area contributed by atoms with Crippen molar-refractivity contribution in [2.75, 3.05) is 18.5 Å². The van der Waals surface area contributed by atoms with Gasteiger partial charge in [0, 0.05) is 12.1 Å². The minimum absolute atomic E-state index is 0.124. The molecular formula is C12H15ClN2O5. The van der Waals surface area contributed by atoms with Crippen LogP contribution < -0.4 is 5.32 Å². The summed E-state index contributed by atoms with van der Waals surface area (Å²) in [6, 6.07) is 3.86. The molecule has 1 aromatic rings. The molecule has 20 heavy (non-hydrogen) atoms. The second kappa shape index (κ2) is 6.53. The Balaban J connectivity index is 2.75. The van der Waals surface area contributed by atoms with Crippen LogP contribution in [0.25, 0.3) is 0 Å². The van der Waals surface area contributed by atoms with E-state index in [9.17, 15) is 20.0 Å². The van der Waals surface area contributed by atoms with Gasteiger partial charge in [-0.05, 0) is 19.9 Å². The van der Waals surface area contributed by atoms with Gasteiger partial charge in [-0.2, -0.15) is 0 Å². The maximum absolute atomic E-state index is 11.5. The second-order valence-corrected chi connectivity index (χ2v) is 4.68. The van der Waals surface area contributed by atoms with Gasteiger partial charge in [-0.1, -0.05) is 11.6 Å². The molecule has 0 bridgehead atoms. The SMILES string of the molecule is CCOC(=O)[C@@](C)(O)CNc1ccc([N+](=O)[O-])cc1Cl. The molecule has 0 spiro atoms. The number of carbonyl (C=O) groups is 1. The molecule has 1 rings (SSSR count). The number of nitrogens with zero attached hydrogens (tertiary/aromatic N) is 1. The standard InChI is InChI=1S/C12H15ClN2O5/c1-3-20-11(16)12(2,17)7-14-10-5-4-8(15(18)19)6-9(10)13/h4-6,14,17H,3,7H2,1-2H3/t12-/m0/s1. The second-order valence-electron chi connectivity index (χ2n) is 4.27. The number of aliphatic hydroxyl groups is 1. The number of rotatable bonds is 6. The van der Waals surface area contributed by atoms with E-state index in [4.69, 9.17) is 16.3 Å². The number of ether oxygens (including phenoxy) is 1. The van der Waals surface area contributed by atoms with Crippen LogP contribution in [0.4, 0.5) is 11.4 Å². The van der Waals surface area contributed by atoms with Crippen LogP contribution >= 0.6 is 11.6 Å². The van der Waals surface area contributed by atoms with Gasteiger partial charge in [0.15, 0.2) is 5.60 Å². The third-order valence-electron chi connectivity index (χ3n) is 2.50. The fraction of sp³-hybridized carbons (Fsp3) is 0.417. The Hall–Kier alpha value is -1.86. The first-order valence-electron chi connectivity index (χ1n) is 5.85. The number of non-ortho nitro benzene ring substituents is 1. The van der Waals surface area contributed by atoms with Crippen molar-refractivity contribution in [3.05, 3.63) is 33.3 Å². The molecule has 1 aromatic carbocycles. The molecular weight excluding hydrogens is 288 g/mol. The third kappa shape index (κ3) is 4.07. The highest BCUT2D eigenvalue weighted by molar-refractivity contribution is 6.33. The monoisotopic (exact) mass is 302 g/mol. The lowest BCUT2D eigenvalue weighted by Crippen LogP contribution is -2.43. The Morgan fingerprint density at radius 3 is 2.75 bits per heavy atom. The summed E-state index contributed by atoms with van der Waals surface area (Å²) in [6.07, 6.45) is 0. The molecule has 7 nitrogen and oxygen atoms in total. The van der Waals surface area contributed by atoms with Gasteiger partial charge < -0.3 is 15.2 Å². The average Bonchev–Trinajstić information content (AvgIpc) is 2.37. The van der Waals surface area contributed by atoms with Crippen LogP contribution in [0.1, 0.15) is 13.8 Å². The molecule has 1 atom stereocenters. The minimum Gasteiger partial charge on any atom is -0.464 e. The van der Waals surface area contributed by atoms with Crippen LogP contribution in [0.3, 0.4) is 0 Å². The number of hydrogen-bond donors (Lipinski definition) is 2. The molecule has 110 valence electrons. The molecule has 2 N–H and O–H groups in total. The molecule has 0 aromatic heterocycles. The van der Waals surface area contributed by atoms with E-state index in [0.717, 1.165) is 0 Å². The van der Waals surface area contributed by atoms with Crippen molar-refractivity contribution >= 4 is 28.9 Å². The van der Waals surface area contributed by atoms with Crippen LogP contribution in [-0.4, -0.2) is 34.8 Å². The van der Waals surface area contributed by atoms with Crippen LogP contribution in [0, 0.1) is 10.1 Å². The van der Waals surface area contributed by atoms with Crippen molar-refractivity contribution in [3.8, 4) is 0 Å². The average molecular weight is 303 g/mol. The van der Waals surface area contributed by atoms with Gasteiger partial charge in [0.25, 0.3) is 5.69 Å². The first kappa shape index (κ1) is 16.2. The van der Waals surface area contributed by atoms with Gasteiger partial charge in [-0.25, -0.2) is 4.79 Å². The molecule has 0 fully saturated rings. The summed E-state index contributed by atoms with van der Waals surface area (Å²) in [7, 11) is 0. The summed E-state index contributed by atoms with van der Waals surface area (Å²) in [5.74, 6) is -0.759. The van der Waals surface area contributed by atoms with E-state index in [-0.39, 0.29) is 23.9 Å². The highest BCUT2D eigenvalue weighted by Gasteiger charge is 2.31. The lowest BCUT2D eigenvalue weighted by Gasteiger charge is -2.22. The zero-order chi connectivity index (χ0) is 15.3. The van der Waals surface area contributed by atoms with Crippen molar-refractivity contribution in [2.24, 2.45) is 0 Å². The number of benzene rings is 1. The molecule has 0 aliphatic rings. The van der Waals surface area contributed by atoms with E-state index < -0.39 is 16.5 Å². The lowest BCUT2D eigenvalue weighted by molar-refractivity contribution is -0.384. The summed E-state index contributed by atoms with van der Waals surface area (Å²) < 4.78 is 4.72. The number of nitro benzene ring substituents is 1. The zero-order valence-electron chi connectivity index (χ0n) is 11.1. The number of carbonyl (C=O) groups excluding carboxylic acids is 1. The van der Waals surface area contributed by atoms with Gasteiger partial charge >= 0.3 is 5.97 Å². The maximum Gasteiger partial charge on any atom is 0.339 e. The fourth-order valence-corrected chi connectivity index (χ4v) is 1.63. The summed E-state index contributed by atoms with van der Waals surface area (Å²) in [5.41, 5.74) is -1.49. The Morgan fingerprint density at radius 1 is 1.60 bits per heavy atom. The Morgan fingerprint density at radius 2 is 2.25 bits per heavy atom. The van der Waals surface area contributed by atoms with E-state index in [0.29, 0.717) is 5.69 Å². The normalized spacial score (nSPS) is 13.4. The van der Waals surface area contributed by atoms with E-state index in [1.165, 1.54) is 25.1 Å². The molecule has 0 saturated heterocycles. The maximum atomic E-state index is 11.5. The van der Waals surface area contributed by atoms with Crippen LogP contribution in [-0.2, 0) is 9.53 Å². The molecule has 0 aliphatic heterocycles. The summed E-state index contributed by atoms with van der Waals surface area (Å²) in [5, 5.41) is 23.4. The van der Waals surface area contributed by atoms with Crippen LogP contribution in [0.15, 0.2) is 18.2 Å². The number of anilines is 1. The van der Waals surface area contributed by atoms with Crippen molar-refractivity contribution in [2.45, 2.75) is 19.4 Å². The summed E-state index contributed by atoms with van der Waals surface area (Å²) in [6.45, 7) is 2.96. The smallest absolute Gasteiger partial charge is 0.339 e. The van der Waals surface area contributed by atoms with Crippen molar-refractivity contribution in [1.29, 1.82) is 0 Å². The third-order valence-corrected chi connectivity index (χ3v) is 2.81. The Kier molecular flexibility index (Phi) is 5.29. The van der Waals surface area contributed by atoms with Gasteiger partial charge in [-0.3, -0.25) is 10.1 Å². The van der Waals surface area contributed by atoms with Crippen molar-refractivity contribution in [1.82, 2.24) is 0 Å². The fourth-order valence-electron chi connectivity index (χ4n) is 1.39. The zero-order valence-corrected chi connectivity index (χ0v) is 11.8. The van der Waals surface area contributed by atoms with Gasteiger partial charge in [0.1, 0.15) is 0 Å². The predicted molar refractivity (Wildman–Crippen MR) is 73.9 cm³/mol. The van der Waals surface area contributed by atoms with Gasteiger partial charge in [0.05, 0.1) is 28.8 Å². The van der Waals surface area contributed by atoms with E-state index >= 15 is 0 Å². The molecule has 0 aliphatic carbocycles. The number of hydrogen-bond acceptors (Lipinski definition) is 6. The first-order valence-corrected chi connectivity index (χ1v) is 6.23. The van der Waals surface area contributed by atoms with Crippen LogP contribution in [0.2, 0.25) is 5.02 Å². The number of halogens is 1. The van der Waals surface area contributed by atoms with Crippen molar-refractivity contribution < 1.29 is 19.6 Å². The molecule has 8 heteroatoms. The molecule has 0 amide bonds. The van der Waals surface area contributed by atoms with Crippen molar-refractivity contribution in [3.63, 3.8) is 0 Å². The van der Waals surface area contributed by atoms with Gasteiger partial charge in [-0.15, -0.1) is 0 Å². The van der Waals surface area contributed by atoms with E-state index in [2.05, 4.69) is 5.32 Å². The number of nitrogens with one attached hydrogen (secondary N) is 1. The summed E-state index contributed by atoms with van der Waals surface area (Å²) in [4.78, 5) is 21.5. The highest BCUT2D eigenvalue weighted by Crippen LogP contribution is 2.27. The number of esters is 1. The largest absolute Gasteiger partial charge is 0.464 e. The topological polar surface area (TPSA) is 102 Å². The van der Waals surface area contributed by atoms with E-state index in [1.807, 2.05) is 0 Å². The molecule has 0 unspecified atom stereocenters.